The number of thiol groups is 1. The van der Waals surface area contributed by atoms with Crippen LogP contribution in [-0.4, -0.2) is 11.8 Å². The minimum absolute atomic E-state index is 0. The van der Waals surface area contributed by atoms with E-state index >= 15 is 0 Å². The smallest absolute Gasteiger partial charge is 0.160 e. The van der Waals surface area contributed by atoms with Gasteiger partial charge < -0.3 is 5.48 Å². The predicted molar refractivity (Wildman–Crippen MR) is 78.2 cm³/mol. The quantitative estimate of drug-likeness (QED) is 0.473. The lowest BCUT2D eigenvalue weighted by atomic mass is 10.4. The van der Waals surface area contributed by atoms with E-state index in [9.17, 15) is 4.79 Å². The van der Waals surface area contributed by atoms with Crippen molar-refractivity contribution in [3.8, 4) is 35.4 Å². The van der Waals surface area contributed by atoms with Gasteiger partial charge in [0.1, 0.15) is 0 Å². The van der Waals surface area contributed by atoms with Gasteiger partial charge >= 0.3 is 0 Å². The molecule has 0 aliphatic heterocycles. The molecule has 0 atom stereocenters. The Labute approximate surface area is 112 Å². The highest BCUT2D eigenvalue weighted by molar-refractivity contribution is 7.85. The molecule has 2 nitrogen and oxygen atoms in total. The maximum Gasteiger partial charge on any atom is 0.160 e. The second-order valence-electron chi connectivity index (χ2n) is 2.28. The monoisotopic (exact) mass is 266 g/mol. The molecule has 2 N–H and O–H groups in total. The van der Waals surface area contributed by atoms with E-state index < -0.39 is 0 Å². The molecule has 4 heteroatoms. The van der Waals surface area contributed by atoms with Crippen molar-refractivity contribution < 1.29 is 10.3 Å². The second-order valence-corrected chi connectivity index (χ2v) is 3.44. The molecule has 0 unspecified atom stereocenters. The van der Waals surface area contributed by atoms with Crippen LogP contribution in [0.3, 0.4) is 0 Å². The molecule has 0 radical (unpaired) electrons. The molecule has 0 fully saturated rings. The van der Waals surface area contributed by atoms with Crippen LogP contribution in [0.25, 0.3) is 0 Å². The molecule has 0 saturated carbocycles. The van der Waals surface area contributed by atoms with E-state index in [1.54, 1.807) is 0 Å². The Hall–Kier alpha value is -1.64. The number of carbonyl (C=O) groups is 1. The summed E-state index contributed by atoms with van der Waals surface area (Å²) >= 11 is 5.04. The van der Waals surface area contributed by atoms with Crippen molar-refractivity contribution in [3.63, 3.8) is 0 Å². The van der Waals surface area contributed by atoms with Crippen LogP contribution in [0.5, 0.6) is 0 Å². The molecule has 0 aliphatic rings. The van der Waals surface area contributed by atoms with Gasteiger partial charge in [-0.25, -0.2) is 0 Å². The van der Waals surface area contributed by atoms with Gasteiger partial charge in [0.2, 0.25) is 0 Å². The molecule has 1 heterocycles. The lowest BCUT2D eigenvalue weighted by molar-refractivity contribution is 0.112. The third-order valence-electron chi connectivity index (χ3n) is 1.12. The van der Waals surface area contributed by atoms with Crippen LogP contribution >= 0.6 is 24.0 Å². The highest BCUT2D eigenvalue weighted by Gasteiger charge is 1.89. The van der Waals surface area contributed by atoms with Crippen LogP contribution in [0.15, 0.2) is 11.4 Å². The summed E-state index contributed by atoms with van der Waals surface area (Å²) in [6.45, 7) is 1.98. The number of hydrogen-bond donors (Lipinski definition) is 1. The Morgan fingerprint density at radius 3 is 2.35 bits per heavy atom. The number of thiophene rings is 1. The lowest BCUT2D eigenvalue weighted by Crippen LogP contribution is -1.64. The molecule has 1 aromatic heterocycles. The molecule has 0 bridgehead atoms. The fourth-order valence-corrected chi connectivity index (χ4v) is 1.37. The standard InChI is InChI=1S/C6H6OS.C6H2S.CH4.H2O/c1-5-2-6(3-7)8-4-5;1-2-3-4-5-6-7;;/h2-4H,1H3;1,7H;1H4;1H2. The van der Waals surface area contributed by atoms with Gasteiger partial charge in [-0.3, -0.25) is 4.79 Å². The van der Waals surface area contributed by atoms with Gasteiger partial charge in [0, 0.05) is 0 Å². The van der Waals surface area contributed by atoms with Crippen molar-refractivity contribution in [1.82, 2.24) is 0 Å². The fourth-order valence-electron chi connectivity index (χ4n) is 0.611. The Balaban J connectivity index is -0.000000208. The minimum atomic E-state index is 0. The van der Waals surface area contributed by atoms with Crippen LogP contribution in [0.2, 0.25) is 0 Å². The molecule has 0 saturated heterocycles. The SMILES string of the molecule is C.C#CC#CC#CS.Cc1csc(C=O)c1.O. The summed E-state index contributed by atoms with van der Waals surface area (Å²) in [4.78, 5) is 10.8. The van der Waals surface area contributed by atoms with Crippen molar-refractivity contribution >= 4 is 30.3 Å². The van der Waals surface area contributed by atoms with Crippen LogP contribution in [0.4, 0.5) is 0 Å². The Kier molecular flexibility index (Phi) is 17.5. The first-order valence-corrected chi connectivity index (χ1v) is 5.17. The third kappa shape index (κ3) is 12.3. The molecule has 0 aliphatic carbocycles. The summed E-state index contributed by atoms with van der Waals surface area (Å²) < 4.78 is 0. The molecule has 0 aromatic carbocycles. The number of aryl methyl sites for hydroxylation is 1. The average molecular weight is 266 g/mol. The van der Waals surface area contributed by atoms with E-state index in [4.69, 9.17) is 6.42 Å². The third-order valence-corrected chi connectivity index (χ3v) is 2.21. The number of carbonyl (C=O) groups excluding carboxylic acids is 1. The topological polar surface area (TPSA) is 48.6 Å². The second kappa shape index (κ2) is 14.4. The van der Waals surface area contributed by atoms with Crippen LogP contribution < -0.4 is 0 Å². The Bertz CT molecular complexity index is 473. The van der Waals surface area contributed by atoms with Crippen LogP contribution in [-0.2, 0) is 0 Å². The summed E-state index contributed by atoms with van der Waals surface area (Å²) in [5.74, 6) is 9.13. The largest absolute Gasteiger partial charge is 0.412 e. The Morgan fingerprint density at radius 1 is 1.41 bits per heavy atom. The summed E-state index contributed by atoms with van der Waals surface area (Å²) in [7, 11) is 0. The molecule has 0 amide bonds. The molecule has 90 valence electrons. The molecule has 0 spiro atoms. The first kappa shape index (κ1) is 20.7. The first-order valence-electron chi connectivity index (χ1n) is 3.84. The van der Waals surface area contributed by atoms with E-state index in [1.807, 2.05) is 18.4 Å². The van der Waals surface area contributed by atoms with Crippen molar-refractivity contribution in [1.29, 1.82) is 0 Å². The predicted octanol–water partition coefficient (Wildman–Crippen LogP) is 2.19. The van der Waals surface area contributed by atoms with E-state index in [1.165, 1.54) is 11.3 Å². The maximum absolute atomic E-state index is 10.0. The zero-order chi connectivity index (χ0) is 11.5. The normalized spacial score (nSPS) is 5.71. The molecule has 1 rings (SSSR count). The van der Waals surface area contributed by atoms with Crippen LogP contribution in [0, 0.1) is 42.3 Å². The van der Waals surface area contributed by atoms with E-state index in [-0.39, 0.29) is 12.9 Å². The van der Waals surface area contributed by atoms with Crippen molar-refractivity contribution in [2.45, 2.75) is 14.4 Å². The van der Waals surface area contributed by atoms with Gasteiger partial charge in [-0.15, -0.1) is 17.8 Å². The lowest BCUT2D eigenvalue weighted by Gasteiger charge is -1.70. The number of terminal acetylenes is 1. The number of rotatable bonds is 1. The molecular formula is C13H14O2S2. The number of hydrogen-bond acceptors (Lipinski definition) is 3. The van der Waals surface area contributed by atoms with Gasteiger partial charge in [-0.05, 0) is 52.9 Å². The summed E-state index contributed by atoms with van der Waals surface area (Å²) in [5.41, 5.74) is 1.16. The molecular weight excluding hydrogens is 252 g/mol. The number of aldehydes is 1. The summed E-state index contributed by atoms with van der Waals surface area (Å²) in [6, 6.07) is 1.87. The van der Waals surface area contributed by atoms with Crippen LogP contribution in [0.1, 0.15) is 22.7 Å². The average Bonchev–Trinajstić information content (AvgIpc) is 2.66. The van der Waals surface area contributed by atoms with Gasteiger partial charge in [-0.1, -0.05) is 20.1 Å². The van der Waals surface area contributed by atoms with E-state index in [2.05, 4.69) is 41.6 Å². The Morgan fingerprint density at radius 2 is 2.06 bits per heavy atom. The van der Waals surface area contributed by atoms with Crippen molar-refractivity contribution in [2.75, 3.05) is 0 Å². The zero-order valence-electron chi connectivity index (χ0n) is 8.57. The summed E-state index contributed by atoms with van der Waals surface area (Å²) in [6.07, 6.45) is 5.63. The maximum atomic E-state index is 10.0. The van der Waals surface area contributed by atoms with E-state index in [0.29, 0.717) is 0 Å². The summed E-state index contributed by atoms with van der Waals surface area (Å²) in [5, 5.41) is 4.24. The van der Waals surface area contributed by atoms with Gasteiger partial charge in [0.25, 0.3) is 0 Å². The van der Waals surface area contributed by atoms with Crippen molar-refractivity contribution in [3.05, 3.63) is 21.9 Å². The van der Waals surface area contributed by atoms with Crippen molar-refractivity contribution in [2.24, 2.45) is 0 Å². The highest BCUT2D eigenvalue weighted by atomic mass is 32.1. The van der Waals surface area contributed by atoms with E-state index in [0.717, 1.165) is 16.7 Å². The van der Waals surface area contributed by atoms with Gasteiger partial charge in [0.15, 0.2) is 6.29 Å². The first-order chi connectivity index (χ1) is 7.24. The molecule has 17 heavy (non-hydrogen) atoms. The highest BCUT2D eigenvalue weighted by Crippen LogP contribution is 2.09. The minimum Gasteiger partial charge on any atom is -0.412 e. The molecule has 1 aromatic rings. The zero-order valence-corrected chi connectivity index (χ0v) is 10.3. The van der Waals surface area contributed by atoms with Gasteiger partial charge in [-0.2, -0.15) is 0 Å². The van der Waals surface area contributed by atoms with Gasteiger partial charge in [0.05, 0.1) is 4.88 Å². The fraction of sp³-hybridized carbons (Fsp3) is 0.154.